The minimum Gasteiger partial charge on any atom is -0.478 e. The van der Waals surface area contributed by atoms with Gasteiger partial charge in [0.2, 0.25) is 0 Å². The Hall–Kier alpha value is -1.99. The summed E-state index contributed by atoms with van der Waals surface area (Å²) >= 11 is 1.15. The summed E-state index contributed by atoms with van der Waals surface area (Å²) in [6.45, 7) is 1.50. The quantitative estimate of drug-likeness (QED) is 0.652. The molecular weight excluding hydrogens is 295 g/mol. The molecule has 1 aromatic heterocycles. The predicted octanol–water partition coefficient (Wildman–Crippen LogP) is 2.37. The van der Waals surface area contributed by atoms with E-state index in [0.29, 0.717) is 27.9 Å². The molecule has 110 valence electrons. The van der Waals surface area contributed by atoms with Crippen molar-refractivity contribution in [1.82, 2.24) is 9.97 Å². The smallest absolute Gasteiger partial charge is 0.340 e. The van der Waals surface area contributed by atoms with Gasteiger partial charge in [-0.3, -0.25) is 0 Å². The molecule has 0 aliphatic rings. The van der Waals surface area contributed by atoms with E-state index in [9.17, 15) is 14.3 Å². The number of nitrogens with zero attached hydrogens (tertiary/aromatic N) is 2. The Balaban J connectivity index is 2.51. The van der Waals surface area contributed by atoms with Crippen LogP contribution in [-0.4, -0.2) is 38.5 Å². The molecule has 0 amide bonds. The van der Waals surface area contributed by atoms with Gasteiger partial charge in [0.15, 0.2) is 5.82 Å². The maximum absolute atomic E-state index is 12.9. The fraction of sp³-hybridized carbons (Fsp3) is 0.214. The van der Waals surface area contributed by atoms with E-state index in [2.05, 4.69) is 9.97 Å². The lowest BCUT2D eigenvalue weighted by atomic mass is 10.2. The standard InChI is InChI=1S/C14H13FN2O3S/c1-8-11(14(19)20)13(21-7-6-18)17-12(16-8)9-2-4-10(15)5-3-9/h2-5,18H,6-7H2,1H3,(H,19,20). The third kappa shape index (κ3) is 3.56. The second kappa shape index (κ2) is 6.64. The van der Waals surface area contributed by atoms with Crippen molar-refractivity contribution < 1.29 is 19.4 Å². The molecule has 0 bridgehead atoms. The fourth-order valence-electron chi connectivity index (χ4n) is 1.77. The van der Waals surface area contributed by atoms with Gasteiger partial charge >= 0.3 is 5.97 Å². The third-order valence-electron chi connectivity index (χ3n) is 2.70. The van der Waals surface area contributed by atoms with Crippen molar-refractivity contribution in [3.8, 4) is 11.4 Å². The van der Waals surface area contributed by atoms with Crippen LogP contribution in [0.5, 0.6) is 0 Å². The van der Waals surface area contributed by atoms with E-state index < -0.39 is 5.97 Å². The van der Waals surface area contributed by atoms with E-state index >= 15 is 0 Å². The number of carboxylic acid groups (broad SMARTS) is 1. The lowest BCUT2D eigenvalue weighted by Crippen LogP contribution is -2.08. The van der Waals surface area contributed by atoms with Crippen LogP contribution in [0.25, 0.3) is 11.4 Å². The highest BCUT2D eigenvalue weighted by Crippen LogP contribution is 2.26. The number of thioether (sulfide) groups is 1. The molecule has 0 aliphatic heterocycles. The molecule has 5 nitrogen and oxygen atoms in total. The highest BCUT2D eigenvalue weighted by atomic mass is 32.2. The number of aromatic nitrogens is 2. The number of aliphatic hydroxyl groups is 1. The molecule has 0 atom stereocenters. The molecular formula is C14H13FN2O3S. The Kier molecular flexibility index (Phi) is 4.87. The second-order valence-corrected chi connectivity index (χ2v) is 5.28. The molecule has 7 heteroatoms. The third-order valence-corrected chi connectivity index (χ3v) is 3.66. The average molecular weight is 308 g/mol. The van der Waals surface area contributed by atoms with Crippen LogP contribution in [0, 0.1) is 12.7 Å². The molecule has 0 unspecified atom stereocenters. The van der Waals surface area contributed by atoms with Gasteiger partial charge in [-0.05, 0) is 31.2 Å². The summed E-state index contributed by atoms with van der Waals surface area (Å²) < 4.78 is 12.9. The predicted molar refractivity (Wildman–Crippen MR) is 76.9 cm³/mol. The van der Waals surface area contributed by atoms with Gasteiger partial charge < -0.3 is 10.2 Å². The number of aromatic carboxylic acids is 1. The van der Waals surface area contributed by atoms with Crippen molar-refractivity contribution in [1.29, 1.82) is 0 Å². The van der Waals surface area contributed by atoms with Gasteiger partial charge in [0.1, 0.15) is 16.4 Å². The van der Waals surface area contributed by atoms with Crippen LogP contribution in [0.1, 0.15) is 16.1 Å². The van der Waals surface area contributed by atoms with E-state index in [1.54, 1.807) is 6.92 Å². The number of halogens is 1. The molecule has 21 heavy (non-hydrogen) atoms. The van der Waals surface area contributed by atoms with Crippen LogP contribution in [0.3, 0.4) is 0 Å². The summed E-state index contributed by atoms with van der Waals surface area (Å²) in [4.78, 5) is 19.7. The fourth-order valence-corrected chi connectivity index (χ4v) is 2.58. The summed E-state index contributed by atoms with van der Waals surface area (Å²) in [6.07, 6.45) is 0. The number of carbonyl (C=O) groups is 1. The van der Waals surface area contributed by atoms with Gasteiger partial charge in [0.25, 0.3) is 0 Å². The van der Waals surface area contributed by atoms with Crippen molar-refractivity contribution in [2.45, 2.75) is 11.9 Å². The Morgan fingerprint density at radius 3 is 2.52 bits per heavy atom. The maximum atomic E-state index is 12.9. The highest BCUT2D eigenvalue weighted by Gasteiger charge is 2.18. The molecule has 0 aliphatic carbocycles. The first-order valence-electron chi connectivity index (χ1n) is 6.14. The largest absolute Gasteiger partial charge is 0.478 e. The first kappa shape index (κ1) is 15.4. The van der Waals surface area contributed by atoms with Crippen molar-refractivity contribution >= 4 is 17.7 Å². The first-order valence-corrected chi connectivity index (χ1v) is 7.13. The molecule has 0 saturated heterocycles. The topological polar surface area (TPSA) is 83.3 Å². The number of rotatable bonds is 5. The van der Waals surface area contributed by atoms with Gasteiger partial charge in [0.05, 0.1) is 12.3 Å². The lowest BCUT2D eigenvalue weighted by Gasteiger charge is -2.10. The van der Waals surface area contributed by atoms with Gasteiger partial charge in [-0.1, -0.05) is 0 Å². The summed E-state index contributed by atoms with van der Waals surface area (Å²) in [5.74, 6) is -0.816. The lowest BCUT2D eigenvalue weighted by molar-refractivity contribution is 0.0690. The monoisotopic (exact) mass is 308 g/mol. The molecule has 2 N–H and O–H groups in total. The van der Waals surface area contributed by atoms with Gasteiger partial charge in [0, 0.05) is 11.3 Å². The molecule has 0 spiro atoms. The Bertz CT molecular complexity index is 662. The van der Waals surface area contributed by atoms with E-state index in [-0.39, 0.29) is 18.0 Å². The van der Waals surface area contributed by atoms with Crippen LogP contribution < -0.4 is 0 Å². The maximum Gasteiger partial charge on any atom is 0.340 e. The van der Waals surface area contributed by atoms with Crippen LogP contribution in [0.15, 0.2) is 29.3 Å². The van der Waals surface area contributed by atoms with Crippen LogP contribution in [0.2, 0.25) is 0 Å². The zero-order valence-corrected chi connectivity index (χ0v) is 12.0. The zero-order valence-electron chi connectivity index (χ0n) is 11.2. The molecule has 1 aromatic carbocycles. The van der Waals surface area contributed by atoms with Crippen molar-refractivity contribution in [3.63, 3.8) is 0 Å². The second-order valence-electron chi connectivity index (χ2n) is 4.20. The molecule has 0 fully saturated rings. The molecule has 0 saturated carbocycles. The average Bonchev–Trinajstić information content (AvgIpc) is 2.44. The van der Waals surface area contributed by atoms with E-state index in [4.69, 9.17) is 5.11 Å². The van der Waals surface area contributed by atoms with Crippen LogP contribution in [-0.2, 0) is 0 Å². The summed E-state index contributed by atoms with van der Waals surface area (Å²) in [5, 5.41) is 18.4. The minimum absolute atomic E-state index is 0.0271. The number of hydrogen-bond donors (Lipinski definition) is 2. The Morgan fingerprint density at radius 2 is 1.95 bits per heavy atom. The Morgan fingerprint density at radius 1 is 1.29 bits per heavy atom. The highest BCUT2D eigenvalue weighted by molar-refractivity contribution is 7.99. The Labute approximate surface area is 124 Å². The van der Waals surface area contributed by atoms with Crippen LogP contribution >= 0.6 is 11.8 Å². The van der Waals surface area contributed by atoms with Crippen LogP contribution in [0.4, 0.5) is 4.39 Å². The van der Waals surface area contributed by atoms with E-state index in [0.717, 1.165) is 11.8 Å². The SMILES string of the molecule is Cc1nc(-c2ccc(F)cc2)nc(SCCO)c1C(=O)O. The van der Waals surface area contributed by atoms with E-state index in [1.165, 1.54) is 24.3 Å². The molecule has 1 heterocycles. The number of carboxylic acids is 1. The molecule has 2 rings (SSSR count). The van der Waals surface area contributed by atoms with Gasteiger partial charge in [-0.15, -0.1) is 11.8 Å². The normalized spacial score (nSPS) is 10.6. The zero-order chi connectivity index (χ0) is 15.4. The first-order chi connectivity index (χ1) is 10.0. The van der Waals surface area contributed by atoms with Crippen molar-refractivity contribution in [3.05, 3.63) is 41.3 Å². The summed E-state index contributed by atoms with van der Waals surface area (Å²) in [5.41, 5.74) is 0.957. The number of aryl methyl sites for hydroxylation is 1. The minimum atomic E-state index is -1.11. The van der Waals surface area contributed by atoms with E-state index in [1.807, 2.05) is 0 Å². The molecule has 2 aromatic rings. The number of hydrogen-bond acceptors (Lipinski definition) is 5. The van der Waals surface area contributed by atoms with Crippen molar-refractivity contribution in [2.24, 2.45) is 0 Å². The van der Waals surface area contributed by atoms with Gasteiger partial charge in [-0.2, -0.15) is 0 Å². The number of aliphatic hydroxyl groups excluding tert-OH is 1. The molecule has 0 radical (unpaired) electrons. The van der Waals surface area contributed by atoms with Crippen molar-refractivity contribution in [2.75, 3.05) is 12.4 Å². The number of benzene rings is 1. The summed E-state index contributed by atoms with van der Waals surface area (Å²) in [7, 11) is 0. The summed E-state index contributed by atoms with van der Waals surface area (Å²) in [6, 6.07) is 5.65. The van der Waals surface area contributed by atoms with Gasteiger partial charge in [-0.25, -0.2) is 19.2 Å².